The number of nitriles is 1. The first kappa shape index (κ1) is 23.9. The fourth-order valence-electron chi connectivity index (χ4n) is 6.69. The van der Waals surface area contributed by atoms with Crippen molar-refractivity contribution < 1.29 is 0 Å². The SMILES string of the molecule is N#Cc1cc(Br)ccc1-c1ccc2c3c(cccc13)-c1c-2c(-c2ccccc2)c2ccccc2c1-c1ccccc1. The van der Waals surface area contributed by atoms with E-state index in [4.69, 9.17) is 0 Å². The molecular formula is C39H22BrN. The summed E-state index contributed by atoms with van der Waals surface area (Å²) in [4.78, 5) is 0. The predicted octanol–water partition coefficient (Wildman–Crippen LogP) is 11.3. The lowest BCUT2D eigenvalue weighted by Gasteiger charge is -2.20. The van der Waals surface area contributed by atoms with E-state index >= 15 is 0 Å². The molecule has 0 fully saturated rings. The Kier molecular flexibility index (Phi) is 5.42. The first-order valence-electron chi connectivity index (χ1n) is 13.7. The Morgan fingerprint density at radius 1 is 0.439 bits per heavy atom. The molecule has 0 saturated heterocycles. The maximum absolute atomic E-state index is 10.0. The minimum absolute atomic E-state index is 0.663. The van der Waals surface area contributed by atoms with Crippen LogP contribution in [0.2, 0.25) is 0 Å². The Balaban J connectivity index is 1.56. The molecular weight excluding hydrogens is 562 g/mol. The summed E-state index contributed by atoms with van der Waals surface area (Å²) in [5.41, 5.74) is 12.7. The zero-order valence-corrected chi connectivity index (χ0v) is 23.6. The lowest BCUT2D eigenvalue weighted by Crippen LogP contribution is -1.93. The van der Waals surface area contributed by atoms with Gasteiger partial charge in [0.25, 0.3) is 0 Å². The zero-order chi connectivity index (χ0) is 27.5. The van der Waals surface area contributed by atoms with E-state index in [0.717, 1.165) is 21.0 Å². The van der Waals surface area contributed by atoms with Crippen LogP contribution < -0.4 is 0 Å². The Hall–Kier alpha value is -4.97. The second-order valence-electron chi connectivity index (χ2n) is 10.5. The topological polar surface area (TPSA) is 23.8 Å². The quantitative estimate of drug-likeness (QED) is 0.203. The molecule has 0 heterocycles. The fraction of sp³-hybridized carbons (Fsp3) is 0. The van der Waals surface area contributed by atoms with Crippen LogP contribution >= 0.6 is 15.9 Å². The Morgan fingerprint density at radius 2 is 0.951 bits per heavy atom. The average Bonchev–Trinajstić information content (AvgIpc) is 3.36. The zero-order valence-electron chi connectivity index (χ0n) is 22.0. The Labute approximate surface area is 247 Å². The summed E-state index contributed by atoms with van der Waals surface area (Å²) in [7, 11) is 0. The van der Waals surface area contributed by atoms with Crippen LogP contribution in [0.15, 0.2) is 138 Å². The van der Waals surface area contributed by atoms with E-state index in [-0.39, 0.29) is 0 Å². The highest BCUT2D eigenvalue weighted by atomic mass is 79.9. The van der Waals surface area contributed by atoms with Gasteiger partial charge in [-0.2, -0.15) is 5.26 Å². The van der Waals surface area contributed by atoms with E-state index in [1.807, 2.05) is 18.2 Å². The summed E-state index contributed by atoms with van der Waals surface area (Å²) >= 11 is 3.54. The number of nitrogens with zero attached hydrogens (tertiary/aromatic N) is 1. The molecule has 0 spiro atoms. The van der Waals surface area contributed by atoms with Gasteiger partial charge >= 0.3 is 0 Å². The molecule has 0 radical (unpaired) electrons. The lowest BCUT2D eigenvalue weighted by atomic mass is 9.82. The molecule has 8 rings (SSSR count). The van der Waals surface area contributed by atoms with Crippen molar-refractivity contribution in [3.05, 3.63) is 143 Å². The predicted molar refractivity (Wildman–Crippen MR) is 175 cm³/mol. The summed E-state index contributed by atoms with van der Waals surface area (Å²) in [5.74, 6) is 0. The molecule has 0 unspecified atom stereocenters. The van der Waals surface area contributed by atoms with Crippen LogP contribution in [-0.2, 0) is 0 Å². The van der Waals surface area contributed by atoms with Gasteiger partial charge in [0.15, 0.2) is 0 Å². The van der Waals surface area contributed by atoms with E-state index < -0.39 is 0 Å². The number of benzene rings is 7. The maximum atomic E-state index is 10.0. The molecule has 190 valence electrons. The molecule has 1 aliphatic rings. The summed E-state index contributed by atoms with van der Waals surface area (Å²) in [6.45, 7) is 0. The van der Waals surface area contributed by atoms with E-state index in [9.17, 15) is 5.26 Å². The van der Waals surface area contributed by atoms with Crippen molar-refractivity contribution in [2.75, 3.05) is 0 Å². The van der Waals surface area contributed by atoms with Crippen LogP contribution in [0.25, 0.3) is 77.2 Å². The van der Waals surface area contributed by atoms with Crippen LogP contribution in [0.5, 0.6) is 0 Å². The number of hydrogen-bond donors (Lipinski definition) is 0. The molecule has 0 saturated carbocycles. The van der Waals surface area contributed by atoms with Crippen LogP contribution in [0.3, 0.4) is 0 Å². The molecule has 0 aromatic heterocycles. The number of halogens is 1. The molecule has 0 atom stereocenters. The fourth-order valence-corrected chi connectivity index (χ4v) is 7.05. The summed E-state index contributed by atoms with van der Waals surface area (Å²) in [5, 5.41) is 14.9. The van der Waals surface area contributed by atoms with Crippen LogP contribution in [-0.4, -0.2) is 0 Å². The molecule has 7 aromatic rings. The van der Waals surface area contributed by atoms with Crippen molar-refractivity contribution in [2.24, 2.45) is 0 Å². The molecule has 1 aliphatic carbocycles. The third kappa shape index (κ3) is 3.53. The van der Waals surface area contributed by atoms with Gasteiger partial charge in [-0.1, -0.05) is 137 Å². The van der Waals surface area contributed by atoms with Crippen molar-refractivity contribution in [3.63, 3.8) is 0 Å². The minimum atomic E-state index is 0.663. The van der Waals surface area contributed by atoms with E-state index in [2.05, 4.69) is 137 Å². The van der Waals surface area contributed by atoms with Gasteiger partial charge in [0.2, 0.25) is 0 Å². The van der Waals surface area contributed by atoms with E-state index in [1.54, 1.807) is 0 Å². The van der Waals surface area contributed by atoms with Gasteiger partial charge in [0.05, 0.1) is 11.6 Å². The van der Waals surface area contributed by atoms with Crippen LogP contribution in [0, 0.1) is 11.3 Å². The standard InChI is InChI=1S/C39H22BrN/c40-27-18-19-28(26(22-27)23-41)29-20-21-34-37-30(29)16-9-17-33(37)38-35(24-10-3-1-4-11-24)31-14-7-8-15-32(31)36(39(34)38)25-12-5-2-6-13-25/h1-22H. The first-order chi connectivity index (χ1) is 20.2. The lowest BCUT2D eigenvalue weighted by molar-refractivity contribution is 1.47. The molecule has 0 aliphatic heterocycles. The Morgan fingerprint density at radius 3 is 1.56 bits per heavy atom. The number of fused-ring (bicyclic) bond motifs is 4. The molecule has 0 N–H and O–H groups in total. The third-order valence-electron chi connectivity index (χ3n) is 8.31. The summed E-state index contributed by atoms with van der Waals surface area (Å²) < 4.78 is 0.905. The van der Waals surface area contributed by atoms with E-state index in [1.165, 1.54) is 60.7 Å². The maximum Gasteiger partial charge on any atom is 0.0998 e. The summed E-state index contributed by atoms with van der Waals surface area (Å²) in [6.07, 6.45) is 0. The smallest absolute Gasteiger partial charge is 0.0998 e. The highest BCUT2D eigenvalue weighted by Crippen LogP contribution is 2.58. The Bertz CT molecular complexity index is 2110. The summed E-state index contributed by atoms with van der Waals surface area (Å²) in [6, 6.07) is 49.9. The second-order valence-corrected chi connectivity index (χ2v) is 11.4. The third-order valence-corrected chi connectivity index (χ3v) is 8.81. The first-order valence-corrected chi connectivity index (χ1v) is 14.5. The molecule has 0 bridgehead atoms. The van der Waals surface area contributed by atoms with Gasteiger partial charge in [-0.25, -0.2) is 0 Å². The number of hydrogen-bond acceptors (Lipinski definition) is 1. The number of rotatable bonds is 3. The van der Waals surface area contributed by atoms with Gasteiger partial charge in [0, 0.05) is 10.0 Å². The molecule has 1 nitrogen and oxygen atoms in total. The van der Waals surface area contributed by atoms with E-state index in [0.29, 0.717) is 5.56 Å². The van der Waals surface area contributed by atoms with Gasteiger partial charge in [-0.05, 0) is 83.7 Å². The van der Waals surface area contributed by atoms with Gasteiger partial charge in [-0.15, -0.1) is 0 Å². The van der Waals surface area contributed by atoms with Gasteiger partial charge in [0.1, 0.15) is 0 Å². The molecule has 41 heavy (non-hydrogen) atoms. The van der Waals surface area contributed by atoms with Crippen molar-refractivity contribution in [3.8, 4) is 61.7 Å². The van der Waals surface area contributed by atoms with Crippen molar-refractivity contribution >= 4 is 37.5 Å². The average molecular weight is 585 g/mol. The largest absolute Gasteiger partial charge is 0.192 e. The van der Waals surface area contributed by atoms with Gasteiger partial charge < -0.3 is 0 Å². The van der Waals surface area contributed by atoms with Crippen molar-refractivity contribution in [1.82, 2.24) is 0 Å². The monoisotopic (exact) mass is 583 g/mol. The van der Waals surface area contributed by atoms with Crippen LogP contribution in [0.4, 0.5) is 0 Å². The molecule has 2 heteroatoms. The normalized spacial score (nSPS) is 11.5. The molecule has 7 aromatic carbocycles. The second kappa shape index (κ2) is 9.30. The van der Waals surface area contributed by atoms with Crippen molar-refractivity contribution in [2.45, 2.75) is 0 Å². The molecule has 0 amide bonds. The van der Waals surface area contributed by atoms with Crippen molar-refractivity contribution in [1.29, 1.82) is 5.26 Å². The highest BCUT2D eigenvalue weighted by molar-refractivity contribution is 9.10. The van der Waals surface area contributed by atoms with Crippen LogP contribution in [0.1, 0.15) is 5.56 Å². The highest BCUT2D eigenvalue weighted by Gasteiger charge is 2.31. The minimum Gasteiger partial charge on any atom is -0.192 e. The van der Waals surface area contributed by atoms with Gasteiger partial charge in [-0.3, -0.25) is 0 Å².